The summed E-state index contributed by atoms with van der Waals surface area (Å²) >= 11 is 5.27. The number of carbonyl (C=O) groups is 1. The first kappa shape index (κ1) is 19.2. The third-order valence-electron chi connectivity index (χ3n) is 4.69. The molecule has 0 saturated carbocycles. The van der Waals surface area contributed by atoms with E-state index in [9.17, 15) is 4.79 Å². The quantitative estimate of drug-likeness (QED) is 0.560. The van der Waals surface area contributed by atoms with Gasteiger partial charge in [0.05, 0.1) is 3.79 Å². The molecule has 1 saturated heterocycles. The van der Waals surface area contributed by atoms with Gasteiger partial charge < -0.3 is 9.42 Å². The normalized spacial score (nSPS) is 15.1. The van der Waals surface area contributed by atoms with Gasteiger partial charge in [0.15, 0.2) is 0 Å². The van der Waals surface area contributed by atoms with Crippen LogP contribution < -0.4 is 0 Å². The number of aromatic nitrogens is 3. The Kier molecular flexibility index (Phi) is 6.13. The summed E-state index contributed by atoms with van der Waals surface area (Å²) < 4.78 is 6.44. The number of nitrogens with zero attached hydrogens (tertiary/aromatic N) is 5. The molecule has 1 aliphatic rings. The van der Waals surface area contributed by atoms with E-state index in [-0.39, 0.29) is 5.91 Å². The van der Waals surface area contributed by atoms with Gasteiger partial charge in [0.2, 0.25) is 17.6 Å². The second-order valence-corrected chi connectivity index (χ2v) is 9.16. The number of thiophene rings is 1. The highest BCUT2D eigenvalue weighted by Crippen LogP contribution is 2.23. The molecule has 9 heteroatoms. The molecule has 146 valence electrons. The molecule has 1 amide bonds. The number of pyridine rings is 1. The summed E-state index contributed by atoms with van der Waals surface area (Å²) in [6.45, 7) is 4.26. The van der Waals surface area contributed by atoms with E-state index in [0.29, 0.717) is 24.6 Å². The Morgan fingerprint density at radius 3 is 2.64 bits per heavy atom. The summed E-state index contributed by atoms with van der Waals surface area (Å²) in [6, 6.07) is 7.89. The summed E-state index contributed by atoms with van der Waals surface area (Å²) in [5.74, 6) is 1.16. The lowest BCUT2D eigenvalue weighted by molar-refractivity contribution is -0.133. The van der Waals surface area contributed by atoms with Crippen molar-refractivity contribution in [3.63, 3.8) is 0 Å². The van der Waals surface area contributed by atoms with Crippen LogP contribution in [0.3, 0.4) is 0 Å². The summed E-state index contributed by atoms with van der Waals surface area (Å²) in [6.07, 6.45) is 4.22. The number of halogens is 1. The molecule has 7 nitrogen and oxygen atoms in total. The molecule has 4 rings (SSSR count). The van der Waals surface area contributed by atoms with Crippen molar-refractivity contribution in [1.82, 2.24) is 24.9 Å². The van der Waals surface area contributed by atoms with E-state index in [4.69, 9.17) is 4.52 Å². The number of carbonyl (C=O) groups excluding carboxylic acids is 1. The Morgan fingerprint density at radius 2 is 1.93 bits per heavy atom. The van der Waals surface area contributed by atoms with Crippen LogP contribution in [-0.4, -0.2) is 57.0 Å². The zero-order valence-corrected chi connectivity index (χ0v) is 17.7. The molecule has 0 N–H and O–H groups in total. The van der Waals surface area contributed by atoms with Crippen molar-refractivity contribution in [2.24, 2.45) is 0 Å². The summed E-state index contributed by atoms with van der Waals surface area (Å²) in [7, 11) is 0. The molecule has 3 aromatic rings. The van der Waals surface area contributed by atoms with Crippen LogP contribution in [0.1, 0.15) is 17.2 Å². The first-order valence-corrected chi connectivity index (χ1v) is 10.8. The zero-order valence-electron chi connectivity index (χ0n) is 15.3. The van der Waals surface area contributed by atoms with E-state index in [0.717, 1.165) is 42.1 Å². The van der Waals surface area contributed by atoms with Gasteiger partial charge in [-0.25, -0.2) is 0 Å². The molecule has 0 aliphatic carbocycles. The topological polar surface area (TPSA) is 75.4 Å². The highest BCUT2D eigenvalue weighted by atomic mass is 79.9. The van der Waals surface area contributed by atoms with E-state index in [1.165, 1.54) is 4.88 Å². The van der Waals surface area contributed by atoms with Crippen molar-refractivity contribution in [2.75, 3.05) is 26.2 Å². The first-order chi connectivity index (χ1) is 13.7. The number of aryl methyl sites for hydroxylation is 1. The van der Waals surface area contributed by atoms with Crippen LogP contribution in [0.25, 0.3) is 11.4 Å². The van der Waals surface area contributed by atoms with Crippen LogP contribution in [0.5, 0.6) is 0 Å². The van der Waals surface area contributed by atoms with Crippen LogP contribution in [0.2, 0.25) is 0 Å². The maximum Gasteiger partial charge on any atom is 0.227 e. The number of rotatable bonds is 6. The minimum atomic E-state index is 0.141. The smallest absolute Gasteiger partial charge is 0.227 e. The van der Waals surface area contributed by atoms with Gasteiger partial charge in [0, 0.05) is 68.4 Å². The zero-order chi connectivity index (χ0) is 19.3. The Hall–Kier alpha value is -2.10. The molecule has 0 aromatic carbocycles. The van der Waals surface area contributed by atoms with Gasteiger partial charge in [0.25, 0.3) is 0 Å². The molecule has 0 unspecified atom stereocenters. The van der Waals surface area contributed by atoms with Crippen molar-refractivity contribution >= 4 is 33.2 Å². The molecule has 28 heavy (non-hydrogen) atoms. The van der Waals surface area contributed by atoms with Crippen LogP contribution in [0, 0.1) is 0 Å². The van der Waals surface area contributed by atoms with Gasteiger partial charge in [-0.3, -0.25) is 14.7 Å². The third kappa shape index (κ3) is 4.84. The fourth-order valence-corrected chi connectivity index (χ4v) is 4.68. The van der Waals surface area contributed by atoms with E-state index < -0.39 is 0 Å². The van der Waals surface area contributed by atoms with Crippen molar-refractivity contribution in [3.8, 4) is 11.4 Å². The molecule has 0 bridgehead atoms. The lowest BCUT2D eigenvalue weighted by Gasteiger charge is -2.34. The summed E-state index contributed by atoms with van der Waals surface area (Å²) in [5, 5.41) is 3.98. The first-order valence-electron chi connectivity index (χ1n) is 9.15. The predicted octanol–water partition coefficient (Wildman–Crippen LogP) is 3.23. The average molecular weight is 462 g/mol. The standard InChI is InChI=1S/C19H20BrN5O2S/c20-16-2-1-15(28-16)13-24-9-11-25(12-10-24)18(26)4-3-17-22-19(23-27-17)14-5-7-21-8-6-14/h1-2,5-8H,3-4,9-13H2. The monoisotopic (exact) mass is 461 g/mol. The molecular formula is C19H20BrN5O2S. The van der Waals surface area contributed by atoms with Crippen molar-refractivity contribution < 1.29 is 9.32 Å². The van der Waals surface area contributed by atoms with Crippen LogP contribution in [0.15, 0.2) is 45.0 Å². The highest BCUT2D eigenvalue weighted by Gasteiger charge is 2.22. The molecule has 4 heterocycles. The van der Waals surface area contributed by atoms with Gasteiger partial charge in [0.1, 0.15) is 0 Å². The van der Waals surface area contributed by atoms with E-state index >= 15 is 0 Å². The van der Waals surface area contributed by atoms with E-state index in [1.54, 1.807) is 23.7 Å². The van der Waals surface area contributed by atoms with Gasteiger partial charge in [-0.05, 0) is 40.2 Å². The largest absolute Gasteiger partial charge is 0.340 e. The van der Waals surface area contributed by atoms with Gasteiger partial charge in [-0.15, -0.1) is 11.3 Å². The Balaban J connectivity index is 1.23. The third-order valence-corrected chi connectivity index (χ3v) is 6.30. The van der Waals surface area contributed by atoms with E-state index in [2.05, 4.69) is 48.1 Å². The highest BCUT2D eigenvalue weighted by molar-refractivity contribution is 9.11. The molecule has 0 spiro atoms. The van der Waals surface area contributed by atoms with Crippen LogP contribution >= 0.6 is 27.3 Å². The molecule has 1 aliphatic heterocycles. The molecule has 0 atom stereocenters. The molecular weight excluding hydrogens is 442 g/mol. The fraction of sp³-hybridized carbons (Fsp3) is 0.368. The maximum atomic E-state index is 12.5. The summed E-state index contributed by atoms with van der Waals surface area (Å²) in [5.41, 5.74) is 0.852. The molecule has 3 aromatic heterocycles. The molecule has 0 radical (unpaired) electrons. The van der Waals surface area contributed by atoms with Crippen LogP contribution in [0.4, 0.5) is 0 Å². The Morgan fingerprint density at radius 1 is 1.14 bits per heavy atom. The van der Waals surface area contributed by atoms with Crippen molar-refractivity contribution in [1.29, 1.82) is 0 Å². The van der Waals surface area contributed by atoms with Gasteiger partial charge in [-0.2, -0.15) is 4.98 Å². The van der Waals surface area contributed by atoms with Gasteiger partial charge in [-0.1, -0.05) is 5.16 Å². The second kappa shape index (κ2) is 8.93. The average Bonchev–Trinajstić information content (AvgIpc) is 3.36. The summed E-state index contributed by atoms with van der Waals surface area (Å²) in [4.78, 5) is 26.5. The maximum absolute atomic E-state index is 12.5. The van der Waals surface area contributed by atoms with E-state index in [1.807, 2.05) is 17.0 Å². The predicted molar refractivity (Wildman–Crippen MR) is 110 cm³/mol. The number of hydrogen-bond acceptors (Lipinski definition) is 7. The lowest BCUT2D eigenvalue weighted by atomic mass is 10.2. The van der Waals surface area contributed by atoms with Crippen molar-refractivity contribution in [3.05, 3.63) is 51.2 Å². The SMILES string of the molecule is O=C(CCc1nc(-c2ccncc2)no1)N1CCN(Cc2ccc(Br)s2)CC1. The molecule has 1 fully saturated rings. The second-order valence-electron chi connectivity index (χ2n) is 6.61. The Bertz CT molecular complexity index is 921. The van der Waals surface area contributed by atoms with Crippen LogP contribution in [-0.2, 0) is 17.8 Å². The van der Waals surface area contributed by atoms with Crippen molar-refractivity contribution in [2.45, 2.75) is 19.4 Å². The number of piperazine rings is 1. The number of hydrogen-bond donors (Lipinski definition) is 0. The number of amides is 1. The minimum absolute atomic E-state index is 0.141. The van der Waals surface area contributed by atoms with Gasteiger partial charge >= 0.3 is 0 Å². The minimum Gasteiger partial charge on any atom is -0.340 e. The fourth-order valence-electron chi connectivity index (χ4n) is 3.16. The lowest BCUT2D eigenvalue weighted by Crippen LogP contribution is -2.48. The Labute approximate surface area is 175 Å².